The van der Waals surface area contributed by atoms with Crippen LogP contribution in [0, 0.1) is 17.3 Å². The maximum absolute atomic E-state index is 13.9. The number of hydrogen-bond acceptors (Lipinski definition) is 8. The van der Waals surface area contributed by atoms with Crippen LogP contribution < -0.4 is 16.0 Å². The summed E-state index contributed by atoms with van der Waals surface area (Å²) in [6.45, 7) is 11.9. The van der Waals surface area contributed by atoms with E-state index in [2.05, 4.69) is 16.0 Å². The standard InChI is InChI=1S/C36H52N4O8S/c1-24(2)21-40(49(45,46)32-23-47-31(48-32)19-27-16-12-9-13-17-27)22-29(41)28(18-26-14-10-8-11-15-26)38-35(44)33(36(5,6)7)39-30(42)20-37-34(43)25(3)4/h8-17,23-25,28-29,31,33,41H,18-22H2,1-7H3,(H,37,43)(H,38,44)(H,39,42). The molecule has 4 unspecified atom stereocenters. The summed E-state index contributed by atoms with van der Waals surface area (Å²) in [5.41, 5.74) is 0.968. The van der Waals surface area contributed by atoms with Gasteiger partial charge in [0.15, 0.2) is 0 Å². The van der Waals surface area contributed by atoms with E-state index in [1.165, 1.54) is 0 Å². The van der Waals surface area contributed by atoms with E-state index < -0.39 is 51.7 Å². The summed E-state index contributed by atoms with van der Waals surface area (Å²) >= 11 is 0. The Bertz CT molecular complexity index is 1530. The molecule has 49 heavy (non-hydrogen) atoms. The number of aliphatic hydroxyl groups excluding tert-OH is 1. The summed E-state index contributed by atoms with van der Waals surface area (Å²) in [4.78, 5) is 38.6. The number of benzene rings is 2. The molecule has 1 aliphatic rings. The van der Waals surface area contributed by atoms with Crippen LogP contribution in [0.3, 0.4) is 0 Å². The Hall–Kier alpha value is -3.94. The fourth-order valence-corrected chi connectivity index (χ4v) is 6.66. The smallest absolute Gasteiger partial charge is 0.279 e. The Kier molecular flexibility index (Phi) is 14.2. The first-order valence-electron chi connectivity index (χ1n) is 16.6. The molecular weight excluding hydrogens is 648 g/mol. The quantitative estimate of drug-likeness (QED) is 0.196. The molecule has 2 aromatic carbocycles. The zero-order valence-electron chi connectivity index (χ0n) is 29.5. The third kappa shape index (κ3) is 12.2. The highest BCUT2D eigenvalue weighted by Crippen LogP contribution is 2.27. The third-order valence-electron chi connectivity index (χ3n) is 7.83. The lowest BCUT2D eigenvalue weighted by Crippen LogP contribution is -2.59. The van der Waals surface area contributed by atoms with Crippen molar-refractivity contribution in [3.05, 3.63) is 83.1 Å². The monoisotopic (exact) mass is 700 g/mol. The van der Waals surface area contributed by atoms with Crippen molar-refractivity contribution in [2.45, 2.75) is 85.8 Å². The van der Waals surface area contributed by atoms with Crippen molar-refractivity contribution in [1.29, 1.82) is 0 Å². The predicted molar refractivity (Wildman–Crippen MR) is 187 cm³/mol. The Balaban J connectivity index is 1.81. The predicted octanol–water partition coefficient (Wildman–Crippen LogP) is 3.08. The molecule has 0 aliphatic carbocycles. The normalized spacial score (nSPS) is 16.7. The van der Waals surface area contributed by atoms with E-state index in [1.807, 2.05) is 74.5 Å². The lowest BCUT2D eigenvalue weighted by atomic mass is 9.85. The summed E-state index contributed by atoms with van der Waals surface area (Å²) < 4.78 is 40.2. The number of aliphatic hydroxyl groups is 1. The van der Waals surface area contributed by atoms with Crippen molar-refractivity contribution in [1.82, 2.24) is 20.3 Å². The molecule has 0 radical (unpaired) electrons. The Morgan fingerprint density at radius 2 is 1.47 bits per heavy atom. The summed E-state index contributed by atoms with van der Waals surface area (Å²) in [6.07, 6.45) is -0.579. The molecule has 3 rings (SSSR count). The molecule has 270 valence electrons. The van der Waals surface area contributed by atoms with Crippen LogP contribution in [0.25, 0.3) is 0 Å². The first-order valence-corrected chi connectivity index (χ1v) is 18.1. The molecule has 0 saturated heterocycles. The summed E-state index contributed by atoms with van der Waals surface area (Å²) in [7, 11) is -4.24. The van der Waals surface area contributed by atoms with Crippen LogP contribution in [0.1, 0.15) is 59.6 Å². The topological polar surface area (TPSA) is 163 Å². The molecule has 1 heterocycles. The van der Waals surface area contributed by atoms with Gasteiger partial charge in [-0.15, -0.1) is 0 Å². The largest absolute Gasteiger partial charge is 0.457 e. The second-order valence-electron chi connectivity index (χ2n) is 14.1. The number of carbonyl (C=O) groups is 3. The van der Waals surface area contributed by atoms with Gasteiger partial charge in [0, 0.05) is 25.4 Å². The number of nitrogens with zero attached hydrogens (tertiary/aromatic N) is 1. The average molecular weight is 701 g/mol. The summed E-state index contributed by atoms with van der Waals surface area (Å²) in [6, 6.07) is 16.6. The molecule has 0 fully saturated rings. The van der Waals surface area contributed by atoms with Gasteiger partial charge in [0.25, 0.3) is 15.1 Å². The summed E-state index contributed by atoms with van der Waals surface area (Å²) in [5, 5.41) is 19.5. The minimum Gasteiger partial charge on any atom is -0.457 e. The zero-order valence-corrected chi connectivity index (χ0v) is 30.3. The second-order valence-corrected chi connectivity index (χ2v) is 16.0. The molecular formula is C36H52N4O8S. The van der Waals surface area contributed by atoms with Gasteiger partial charge < -0.3 is 30.5 Å². The van der Waals surface area contributed by atoms with Crippen molar-refractivity contribution in [2.75, 3.05) is 19.6 Å². The van der Waals surface area contributed by atoms with E-state index in [1.54, 1.807) is 34.6 Å². The molecule has 0 aromatic heterocycles. The number of rotatable bonds is 17. The van der Waals surface area contributed by atoms with Crippen LogP contribution in [0.4, 0.5) is 0 Å². The lowest BCUT2D eigenvalue weighted by Gasteiger charge is -2.34. The number of ether oxygens (including phenoxy) is 2. The minimum atomic E-state index is -4.24. The number of sulfonamides is 1. The van der Waals surface area contributed by atoms with Crippen molar-refractivity contribution < 1.29 is 37.4 Å². The zero-order chi connectivity index (χ0) is 36.4. The van der Waals surface area contributed by atoms with Crippen LogP contribution in [-0.4, -0.2) is 79.7 Å². The van der Waals surface area contributed by atoms with Gasteiger partial charge in [-0.25, -0.2) is 8.42 Å². The van der Waals surface area contributed by atoms with Gasteiger partial charge in [0.05, 0.1) is 18.7 Å². The first kappa shape index (κ1) is 39.5. The Labute approximate surface area is 290 Å². The van der Waals surface area contributed by atoms with Crippen LogP contribution >= 0.6 is 0 Å². The second kappa shape index (κ2) is 17.6. The van der Waals surface area contributed by atoms with Gasteiger partial charge in [0.1, 0.15) is 12.3 Å². The molecule has 12 nitrogen and oxygen atoms in total. The number of nitrogens with one attached hydrogen (secondary N) is 3. The number of hydrogen-bond donors (Lipinski definition) is 4. The molecule has 0 saturated carbocycles. The van der Waals surface area contributed by atoms with Crippen LogP contribution in [-0.2, 0) is 46.7 Å². The fourth-order valence-electron chi connectivity index (χ4n) is 5.15. The van der Waals surface area contributed by atoms with Crippen LogP contribution in [0.5, 0.6) is 0 Å². The van der Waals surface area contributed by atoms with E-state index in [0.717, 1.165) is 21.7 Å². The van der Waals surface area contributed by atoms with E-state index in [-0.39, 0.29) is 48.9 Å². The maximum Gasteiger partial charge on any atom is 0.279 e. The molecule has 0 spiro atoms. The highest BCUT2D eigenvalue weighted by Gasteiger charge is 2.39. The number of carbonyl (C=O) groups excluding carboxylic acids is 3. The van der Waals surface area contributed by atoms with Crippen molar-refractivity contribution in [3.63, 3.8) is 0 Å². The first-order chi connectivity index (χ1) is 23.0. The number of amides is 3. The van der Waals surface area contributed by atoms with E-state index in [0.29, 0.717) is 6.42 Å². The average Bonchev–Trinajstić information content (AvgIpc) is 3.51. The SMILES string of the molecule is CC(C)CN(CC(O)C(Cc1ccccc1)NC(=O)C(NC(=O)CNC(=O)C(C)C)C(C)(C)C)S(=O)(=O)C1=COC(Cc2ccccc2)O1. The van der Waals surface area contributed by atoms with Gasteiger partial charge in [-0.1, -0.05) is 109 Å². The maximum atomic E-state index is 13.9. The lowest BCUT2D eigenvalue weighted by molar-refractivity contribution is -0.133. The van der Waals surface area contributed by atoms with Gasteiger partial charge in [-0.05, 0) is 28.9 Å². The van der Waals surface area contributed by atoms with Crippen LogP contribution in [0.2, 0.25) is 0 Å². The Morgan fingerprint density at radius 1 is 0.878 bits per heavy atom. The molecule has 3 amide bonds. The fraction of sp³-hybridized carbons (Fsp3) is 0.528. The summed E-state index contributed by atoms with van der Waals surface area (Å²) in [5.74, 6) is -1.82. The minimum absolute atomic E-state index is 0.0677. The van der Waals surface area contributed by atoms with Crippen molar-refractivity contribution in [2.24, 2.45) is 17.3 Å². The molecule has 0 bridgehead atoms. The Morgan fingerprint density at radius 3 is 2.02 bits per heavy atom. The molecule has 2 aromatic rings. The van der Waals surface area contributed by atoms with Gasteiger partial charge >= 0.3 is 0 Å². The molecule has 13 heteroatoms. The highest BCUT2D eigenvalue weighted by atomic mass is 32.2. The highest BCUT2D eigenvalue weighted by molar-refractivity contribution is 7.92. The van der Waals surface area contributed by atoms with E-state index in [9.17, 15) is 27.9 Å². The van der Waals surface area contributed by atoms with Gasteiger partial charge in [-0.3, -0.25) is 14.4 Å². The third-order valence-corrected chi connectivity index (χ3v) is 9.51. The van der Waals surface area contributed by atoms with Gasteiger partial charge in [0.2, 0.25) is 24.0 Å². The van der Waals surface area contributed by atoms with Crippen molar-refractivity contribution >= 4 is 27.7 Å². The van der Waals surface area contributed by atoms with E-state index >= 15 is 0 Å². The molecule has 1 aliphatic heterocycles. The van der Waals surface area contributed by atoms with Crippen LogP contribution in [0.15, 0.2) is 72.0 Å². The van der Waals surface area contributed by atoms with Crippen molar-refractivity contribution in [3.8, 4) is 0 Å². The molecule has 4 atom stereocenters. The van der Waals surface area contributed by atoms with E-state index in [4.69, 9.17) is 9.47 Å². The van der Waals surface area contributed by atoms with Gasteiger partial charge in [-0.2, -0.15) is 4.31 Å². The molecule has 4 N–H and O–H groups in total.